The van der Waals surface area contributed by atoms with Crippen molar-refractivity contribution in [2.45, 2.75) is 33.9 Å². The minimum absolute atomic E-state index is 0.317. The van der Waals surface area contributed by atoms with Crippen LogP contribution in [0.3, 0.4) is 0 Å². The summed E-state index contributed by atoms with van der Waals surface area (Å²) in [6, 6.07) is 0. The molecule has 0 aromatic rings. The Hall–Kier alpha value is -0.730. The van der Waals surface area contributed by atoms with E-state index < -0.39 is 17.2 Å². The summed E-state index contributed by atoms with van der Waals surface area (Å²) in [5.74, 6) is 0. The number of alkyl halides is 3. The van der Waals surface area contributed by atoms with Gasteiger partial charge in [-0.05, 0) is 25.5 Å². The molecule has 0 saturated heterocycles. The van der Waals surface area contributed by atoms with Gasteiger partial charge in [0, 0.05) is 5.41 Å². The first-order valence-corrected chi connectivity index (χ1v) is 4.07. The SMILES string of the molecule is CC1=C(C)C(C)(C)[C]=C1C(F)(F)F. The van der Waals surface area contributed by atoms with Crippen LogP contribution < -0.4 is 0 Å². The fraction of sp³-hybridized carbons (Fsp3) is 0.600. The van der Waals surface area contributed by atoms with Gasteiger partial charge in [0.25, 0.3) is 0 Å². The maximum atomic E-state index is 12.4. The third-order valence-electron chi connectivity index (χ3n) is 2.60. The molecule has 1 radical (unpaired) electrons. The van der Waals surface area contributed by atoms with E-state index in [-0.39, 0.29) is 0 Å². The van der Waals surface area contributed by atoms with Crippen LogP contribution in [0.4, 0.5) is 13.2 Å². The lowest BCUT2D eigenvalue weighted by Crippen LogP contribution is -2.12. The first kappa shape index (κ1) is 10.4. The topological polar surface area (TPSA) is 0 Å². The Balaban J connectivity index is 3.20. The van der Waals surface area contributed by atoms with Crippen molar-refractivity contribution < 1.29 is 13.2 Å². The van der Waals surface area contributed by atoms with Gasteiger partial charge in [0.15, 0.2) is 0 Å². The van der Waals surface area contributed by atoms with E-state index in [1.165, 1.54) is 6.92 Å². The van der Waals surface area contributed by atoms with E-state index in [2.05, 4.69) is 6.08 Å². The fourth-order valence-electron chi connectivity index (χ4n) is 1.44. The summed E-state index contributed by atoms with van der Waals surface area (Å²) in [7, 11) is 0. The molecule has 0 nitrogen and oxygen atoms in total. The number of hydrogen-bond donors (Lipinski definition) is 0. The Labute approximate surface area is 76.1 Å². The normalized spacial score (nSPS) is 22.2. The average molecular weight is 189 g/mol. The van der Waals surface area contributed by atoms with Crippen LogP contribution in [0.25, 0.3) is 0 Å². The van der Waals surface area contributed by atoms with Crippen molar-refractivity contribution in [2.24, 2.45) is 5.41 Å². The summed E-state index contributed by atoms with van der Waals surface area (Å²) in [6.07, 6.45) is -1.78. The predicted octanol–water partition coefficient (Wildman–Crippen LogP) is 3.65. The van der Waals surface area contributed by atoms with Crippen LogP contribution in [-0.4, -0.2) is 6.18 Å². The number of rotatable bonds is 0. The van der Waals surface area contributed by atoms with E-state index in [1.807, 2.05) is 0 Å². The van der Waals surface area contributed by atoms with Crippen LogP contribution in [0.1, 0.15) is 27.7 Å². The Morgan fingerprint density at radius 2 is 1.62 bits per heavy atom. The molecule has 0 saturated carbocycles. The molecule has 0 unspecified atom stereocenters. The molecule has 0 fully saturated rings. The lowest BCUT2D eigenvalue weighted by atomic mass is 9.88. The average Bonchev–Trinajstić information content (AvgIpc) is 2.12. The van der Waals surface area contributed by atoms with Crippen LogP contribution in [0.2, 0.25) is 0 Å². The molecule has 0 aliphatic heterocycles. The summed E-state index contributed by atoms with van der Waals surface area (Å²) in [5.41, 5.74) is -0.109. The van der Waals surface area contributed by atoms with Crippen LogP contribution in [0.5, 0.6) is 0 Å². The van der Waals surface area contributed by atoms with E-state index in [0.29, 0.717) is 5.57 Å². The van der Waals surface area contributed by atoms with Crippen LogP contribution in [0.15, 0.2) is 16.7 Å². The highest BCUT2D eigenvalue weighted by Gasteiger charge is 2.42. The summed E-state index contributed by atoms with van der Waals surface area (Å²) in [4.78, 5) is 0. The number of allylic oxidation sites excluding steroid dienone is 4. The fourth-order valence-corrected chi connectivity index (χ4v) is 1.44. The van der Waals surface area contributed by atoms with E-state index in [0.717, 1.165) is 5.57 Å². The molecule has 73 valence electrons. The Morgan fingerprint density at radius 3 is 1.77 bits per heavy atom. The molecule has 1 rings (SSSR count). The van der Waals surface area contributed by atoms with Crippen molar-refractivity contribution in [3.63, 3.8) is 0 Å². The zero-order chi connectivity index (χ0) is 10.4. The molecular formula is C10H12F3. The first-order chi connectivity index (χ1) is 5.66. The van der Waals surface area contributed by atoms with E-state index in [1.54, 1.807) is 20.8 Å². The molecule has 0 aromatic heterocycles. The lowest BCUT2D eigenvalue weighted by Gasteiger charge is -2.16. The second-order valence-corrected chi connectivity index (χ2v) is 3.87. The third-order valence-corrected chi connectivity index (χ3v) is 2.60. The second kappa shape index (κ2) is 2.63. The highest BCUT2D eigenvalue weighted by molar-refractivity contribution is 5.45. The molecule has 3 heteroatoms. The third kappa shape index (κ3) is 1.64. The van der Waals surface area contributed by atoms with Gasteiger partial charge in [0.1, 0.15) is 0 Å². The van der Waals surface area contributed by atoms with Gasteiger partial charge in [0.2, 0.25) is 0 Å². The molecule has 0 spiro atoms. The molecular weight excluding hydrogens is 177 g/mol. The molecule has 0 N–H and O–H groups in total. The van der Waals surface area contributed by atoms with Crippen molar-refractivity contribution in [2.75, 3.05) is 0 Å². The van der Waals surface area contributed by atoms with Gasteiger partial charge in [0.05, 0.1) is 5.57 Å². The van der Waals surface area contributed by atoms with E-state index >= 15 is 0 Å². The minimum Gasteiger partial charge on any atom is -0.166 e. The quantitative estimate of drug-likeness (QED) is 0.545. The van der Waals surface area contributed by atoms with Gasteiger partial charge in [-0.1, -0.05) is 19.4 Å². The van der Waals surface area contributed by atoms with Gasteiger partial charge in [-0.15, -0.1) is 0 Å². The van der Waals surface area contributed by atoms with E-state index in [9.17, 15) is 13.2 Å². The summed E-state index contributed by atoms with van der Waals surface area (Å²) in [6.45, 7) is 6.70. The molecule has 13 heavy (non-hydrogen) atoms. The Bertz CT molecular complexity index is 290. The number of hydrogen-bond acceptors (Lipinski definition) is 0. The van der Waals surface area contributed by atoms with Gasteiger partial charge in [-0.3, -0.25) is 0 Å². The molecule has 0 aromatic carbocycles. The minimum atomic E-state index is -4.26. The smallest absolute Gasteiger partial charge is 0.166 e. The first-order valence-electron chi connectivity index (χ1n) is 4.07. The summed E-state index contributed by atoms with van der Waals surface area (Å²) in [5, 5.41) is 0. The second-order valence-electron chi connectivity index (χ2n) is 3.87. The van der Waals surface area contributed by atoms with Gasteiger partial charge >= 0.3 is 6.18 Å². The van der Waals surface area contributed by atoms with Crippen molar-refractivity contribution >= 4 is 0 Å². The van der Waals surface area contributed by atoms with E-state index in [4.69, 9.17) is 0 Å². The zero-order valence-corrected chi connectivity index (χ0v) is 8.13. The zero-order valence-electron chi connectivity index (χ0n) is 8.13. The highest BCUT2D eigenvalue weighted by Crippen LogP contribution is 2.45. The monoisotopic (exact) mass is 189 g/mol. The van der Waals surface area contributed by atoms with Gasteiger partial charge in [-0.2, -0.15) is 13.2 Å². The molecule has 0 bridgehead atoms. The summed E-state index contributed by atoms with van der Waals surface area (Å²) < 4.78 is 37.2. The van der Waals surface area contributed by atoms with Crippen molar-refractivity contribution in [3.8, 4) is 0 Å². The van der Waals surface area contributed by atoms with Crippen molar-refractivity contribution in [1.82, 2.24) is 0 Å². The van der Waals surface area contributed by atoms with Crippen LogP contribution >= 0.6 is 0 Å². The molecule has 0 atom stereocenters. The lowest BCUT2D eigenvalue weighted by molar-refractivity contribution is -0.0898. The van der Waals surface area contributed by atoms with Crippen LogP contribution in [-0.2, 0) is 0 Å². The van der Waals surface area contributed by atoms with Gasteiger partial charge < -0.3 is 0 Å². The van der Waals surface area contributed by atoms with Crippen LogP contribution in [0, 0.1) is 11.5 Å². The molecule has 0 heterocycles. The molecule has 1 aliphatic rings. The maximum Gasteiger partial charge on any atom is 0.416 e. The number of halogens is 3. The van der Waals surface area contributed by atoms with Crippen molar-refractivity contribution in [1.29, 1.82) is 0 Å². The highest BCUT2D eigenvalue weighted by atomic mass is 19.4. The predicted molar refractivity (Wildman–Crippen MR) is 45.0 cm³/mol. The Morgan fingerprint density at radius 1 is 1.15 bits per heavy atom. The molecule has 1 aliphatic carbocycles. The largest absolute Gasteiger partial charge is 0.416 e. The maximum absolute atomic E-state index is 12.4. The Kier molecular flexibility index (Phi) is 2.09. The van der Waals surface area contributed by atoms with Crippen molar-refractivity contribution in [3.05, 3.63) is 22.8 Å². The molecule has 0 amide bonds. The van der Waals surface area contributed by atoms with Gasteiger partial charge in [-0.25, -0.2) is 0 Å². The summed E-state index contributed by atoms with van der Waals surface area (Å²) >= 11 is 0. The standard InChI is InChI=1S/C10H12F3/c1-6-7(2)9(3,4)5-8(6)10(11,12)13/h1-4H3.